The molecular formula is C30H35F3O2S2. The molecule has 0 aliphatic rings. The molecule has 0 saturated heterocycles. The van der Waals surface area contributed by atoms with E-state index < -0.39 is 23.3 Å². The molecule has 0 radical (unpaired) electrons. The molecule has 0 aliphatic carbocycles. The number of hydrogen-bond acceptors (Lipinski definition) is 4. The van der Waals surface area contributed by atoms with E-state index >= 15 is 0 Å². The van der Waals surface area contributed by atoms with Crippen LogP contribution in [-0.4, -0.2) is 16.8 Å². The van der Waals surface area contributed by atoms with Crippen LogP contribution in [0.3, 0.4) is 0 Å². The summed E-state index contributed by atoms with van der Waals surface area (Å²) >= 11 is 3.04. The SMILES string of the molecule is C=C(C)C(=O)OC(C)(C)CC(C)Sc1ccc2cc(-c3ccc(CCCCC)cc3C(F)(F)F)sc2c1. The lowest BCUT2D eigenvalue weighted by atomic mass is 9.99. The zero-order chi connectivity index (χ0) is 27.4. The second-order valence-electron chi connectivity index (χ2n) is 10.2. The van der Waals surface area contributed by atoms with Crippen molar-refractivity contribution in [3.05, 3.63) is 65.7 Å². The summed E-state index contributed by atoms with van der Waals surface area (Å²) in [5.74, 6) is -0.401. The highest BCUT2D eigenvalue weighted by Gasteiger charge is 2.34. The number of carbonyl (C=O) groups excluding carboxylic acids is 1. The van der Waals surface area contributed by atoms with Gasteiger partial charge in [0.15, 0.2) is 0 Å². The Hall–Kier alpha value is -2.25. The van der Waals surface area contributed by atoms with E-state index in [4.69, 9.17) is 4.74 Å². The maximum Gasteiger partial charge on any atom is 0.417 e. The van der Waals surface area contributed by atoms with Crippen molar-refractivity contribution < 1.29 is 22.7 Å². The number of fused-ring (bicyclic) bond motifs is 1. The zero-order valence-electron chi connectivity index (χ0n) is 22.1. The highest BCUT2D eigenvalue weighted by atomic mass is 32.2. The molecule has 0 fully saturated rings. The van der Waals surface area contributed by atoms with Crippen LogP contribution in [0.1, 0.15) is 71.4 Å². The van der Waals surface area contributed by atoms with Crippen LogP contribution in [0.25, 0.3) is 20.5 Å². The lowest BCUT2D eigenvalue weighted by Gasteiger charge is -2.28. The zero-order valence-corrected chi connectivity index (χ0v) is 23.8. The average molecular weight is 549 g/mol. The summed E-state index contributed by atoms with van der Waals surface area (Å²) in [7, 11) is 0. The van der Waals surface area contributed by atoms with Gasteiger partial charge in [0.25, 0.3) is 0 Å². The number of thioether (sulfide) groups is 1. The largest absolute Gasteiger partial charge is 0.456 e. The Morgan fingerprint density at radius 3 is 2.49 bits per heavy atom. The van der Waals surface area contributed by atoms with E-state index in [9.17, 15) is 18.0 Å². The highest BCUT2D eigenvalue weighted by Crippen LogP contribution is 2.43. The number of rotatable bonds is 11. The van der Waals surface area contributed by atoms with E-state index in [0.717, 1.165) is 39.8 Å². The number of benzene rings is 2. The number of hydrogen-bond donors (Lipinski definition) is 0. The van der Waals surface area contributed by atoms with Gasteiger partial charge in [0.2, 0.25) is 0 Å². The number of halogens is 3. The number of ether oxygens (including phenoxy) is 1. The minimum Gasteiger partial charge on any atom is -0.456 e. The summed E-state index contributed by atoms with van der Waals surface area (Å²) in [6.45, 7) is 13.2. The summed E-state index contributed by atoms with van der Waals surface area (Å²) in [6, 6.07) is 12.6. The van der Waals surface area contributed by atoms with Gasteiger partial charge >= 0.3 is 12.1 Å². The van der Waals surface area contributed by atoms with Gasteiger partial charge in [-0.15, -0.1) is 23.1 Å². The minimum atomic E-state index is -4.41. The number of carbonyl (C=O) groups is 1. The van der Waals surface area contributed by atoms with Crippen LogP contribution in [0.15, 0.2) is 59.5 Å². The number of unbranched alkanes of at least 4 members (excludes halogenated alkanes) is 2. The van der Waals surface area contributed by atoms with Gasteiger partial charge in [-0.25, -0.2) is 4.79 Å². The third kappa shape index (κ3) is 8.11. The number of alkyl halides is 3. The lowest BCUT2D eigenvalue weighted by molar-refractivity contribution is -0.151. The van der Waals surface area contributed by atoms with Crippen LogP contribution >= 0.6 is 23.1 Å². The Balaban J connectivity index is 1.81. The Labute approximate surface area is 226 Å². The Morgan fingerprint density at radius 2 is 1.84 bits per heavy atom. The van der Waals surface area contributed by atoms with Crippen molar-refractivity contribution >= 4 is 39.2 Å². The maximum atomic E-state index is 14.0. The first kappa shape index (κ1) is 29.3. The topological polar surface area (TPSA) is 26.3 Å². The molecule has 37 heavy (non-hydrogen) atoms. The van der Waals surface area contributed by atoms with E-state index in [2.05, 4.69) is 20.4 Å². The van der Waals surface area contributed by atoms with Gasteiger partial charge < -0.3 is 4.74 Å². The lowest BCUT2D eigenvalue weighted by Crippen LogP contribution is -2.31. The molecule has 0 spiro atoms. The molecule has 7 heteroatoms. The molecule has 1 unspecified atom stereocenters. The third-order valence-corrected chi connectivity index (χ3v) is 8.28. The molecule has 1 heterocycles. The molecule has 0 N–H and O–H groups in total. The van der Waals surface area contributed by atoms with Crippen molar-refractivity contribution in [3.63, 3.8) is 0 Å². The second kappa shape index (κ2) is 12.1. The quantitative estimate of drug-likeness (QED) is 0.103. The molecule has 1 aromatic heterocycles. The average Bonchev–Trinajstić information content (AvgIpc) is 3.21. The smallest absolute Gasteiger partial charge is 0.417 e. The molecule has 2 nitrogen and oxygen atoms in total. The first-order valence-electron chi connectivity index (χ1n) is 12.6. The summed E-state index contributed by atoms with van der Waals surface area (Å²) < 4.78 is 48.5. The summed E-state index contributed by atoms with van der Waals surface area (Å²) in [4.78, 5) is 13.6. The van der Waals surface area contributed by atoms with Crippen LogP contribution in [0, 0.1) is 0 Å². The minimum absolute atomic E-state index is 0.155. The van der Waals surface area contributed by atoms with Gasteiger partial charge in [-0.2, -0.15) is 13.2 Å². The van der Waals surface area contributed by atoms with Gasteiger partial charge in [-0.05, 0) is 75.2 Å². The maximum absolute atomic E-state index is 14.0. The molecule has 0 saturated carbocycles. The molecule has 3 aromatic rings. The molecule has 3 rings (SSSR count). The van der Waals surface area contributed by atoms with Crippen molar-refractivity contribution in [2.75, 3.05) is 0 Å². The standard InChI is InChI=1S/C30H35F3O2S2/c1-7-8-9-10-21-11-14-24(25(15-21)30(31,32)33)27-16-22-12-13-23(17-26(22)37-27)36-20(4)18-29(5,6)35-28(34)19(2)3/h11-17,20H,2,7-10,18H2,1,3-6H3. The third-order valence-electron chi connectivity index (χ3n) is 6.05. The fourth-order valence-electron chi connectivity index (χ4n) is 4.34. The highest BCUT2D eigenvalue weighted by molar-refractivity contribution is 8.00. The van der Waals surface area contributed by atoms with Crippen LogP contribution in [0.4, 0.5) is 13.2 Å². The van der Waals surface area contributed by atoms with E-state index in [0.29, 0.717) is 23.3 Å². The number of thiophene rings is 1. The van der Waals surface area contributed by atoms with Gasteiger partial charge in [0.05, 0.1) is 5.56 Å². The summed E-state index contributed by atoms with van der Waals surface area (Å²) in [6.07, 6.45) is -0.179. The molecule has 0 amide bonds. The van der Waals surface area contributed by atoms with E-state index in [1.807, 2.05) is 44.2 Å². The van der Waals surface area contributed by atoms with Gasteiger partial charge in [0.1, 0.15) is 5.60 Å². The van der Waals surface area contributed by atoms with E-state index in [1.165, 1.54) is 17.4 Å². The van der Waals surface area contributed by atoms with Gasteiger partial charge in [-0.1, -0.05) is 51.5 Å². The first-order chi connectivity index (χ1) is 17.3. The monoisotopic (exact) mass is 548 g/mol. The van der Waals surface area contributed by atoms with Crippen molar-refractivity contribution in [1.82, 2.24) is 0 Å². The van der Waals surface area contributed by atoms with Crippen LogP contribution in [0.5, 0.6) is 0 Å². The van der Waals surface area contributed by atoms with Crippen LogP contribution < -0.4 is 0 Å². The Morgan fingerprint density at radius 1 is 1.11 bits per heavy atom. The predicted molar refractivity (Wildman–Crippen MR) is 150 cm³/mol. The van der Waals surface area contributed by atoms with Crippen molar-refractivity contribution in [2.24, 2.45) is 0 Å². The first-order valence-corrected chi connectivity index (χ1v) is 14.3. The second-order valence-corrected chi connectivity index (χ2v) is 12.8. The number of aryl methyl sites for hydroxylation is 1. The summed E-state index contributed by atoms with van der Waals surface area (Å²) in [5, 5.41) is 1.08. The van der Waals surface area contributed by atoms with Gasteiger partial charge in [0, 0.05) is 30.9 Å². The fourth-order valence-corrected chi connectivity index (χ4v) is 6.84. The molecule has 2 aromatic carbocycles. The van der Waals surface area contributed by atoms with Crippen LogP contribution in [-0.2, 0) is 22.1 Å². The fraction of sp³-hybridized carbons (Fsp3) is 0.433. The van der Waals surface area contributed by atoms with E-state index in [1.54, 1.807) is 24.8 Å². The molecular weight excluding hydrogens is 513 g/mol. The normalized spacial score (nSPS) is 13.1. The molecule has 1 atom stereocenters. The molecule has 0 aliphatic heterocycles. The Bertz CT molecular complexity index is 1260. The Kier molecular flexibility index (Phi) is 9.57. The number of esters is 1. The van der Waals surface area contributed by atoms with Crippen LogP contribution in [0.2, 0.25) is 0 Å². The predicted octanol–water partition coefficient (Wildman–Crippen LogP) is 10.1. The molecule has 0 bridgehead atoms. The molecule has 200 valence electrons. The van der Waals surface area contributed by atoms with E-state index in [-0.39, 0.29) is 10.8 Å². The summed E-state index contributed by atoms with van der Waals surface area (Å²) in [5.41, 5.74) is 0.126. The van der Waals surface area contributed by atoms with Crippen molar-refractivity contribution in [3.8, 4) is 10.4 Å². The van der Waals surface area contributed by atoms with Gasteiger partial charge in [-0.3, -0.25) is 0 Å². The van der Waals surface area contributed by atoms with Crippen molar-refractivity contribution in [2.45, 2.75) is 88.6 Å². The van der Waals surface area contributed by atoms with Crippen molar-refractivity contribution in [1.29, 1.82) is 0 Å².